The number of urea groups is 1. The van der Waals surface area contributed by atoms with Crippen molar-refractivity contribution >= 4 is 11.8 Å². The number of piperazine rings is 1. The summed E-state index contributed by atoms with van der Waals surface area (Å²) >= 11 is 0. The smallest absolute Gasteiger partial charge is 0.317 e. The molecule has 2 amide bonds. The molecule has 25 heavy (non-hydrogen) atoms. The highest BCUT2D eigenvalue weighted by Gasteiger charge is 2.25. The minimum absolute atomic E-state index is 0.0277. The molecule has 0 aliphatic carbocycles. The van der Waals surface area contributed by atoms with Crippen LogP contribution in [0.3, 0.4) is 0 Å². The average Bonchev–Trinajstić information content (AvgIpc) is 2.63. The van der Waals surface area contributed by atoms with Crippen molar-refractivity contribution in [1.29, 1.82) is 0 Å². The molecule has 2 aliphatic rings. The van der Waals surface area contributed by atoms with Crippen LogP contribution < -0.4 is 5.32 Å². The highest BCUT2D eigenvalue weighted by Crippen LogP contribution is 2.10. The average molecular weight is 349 g/mol. The van der Waals surface area contributed by atoms with Gasteiger partial charge in [-0.2, -0.15) is 0 Å². The second-order valence-electron chi connectivity index (χ2n) is 6.53. The molecule has 0 saturated carbocycles. The zero-order chi connectivity index (χ0) is 17.6. The van der Waals surface area contributed by atoms with Gasteiger partial charge in [0.2, 0.25) is 0 Å². The second-order valence-corrected chi connectivity index (χ2v) is 6.53. The van der Waals surface area contributed by atoms with Crippen LogP contribution in [-0.2, 0) is 4.74 Å². The monoisotopic (exact) mass is 349 g/mol. The van der Waals surface area contributed by atoms with Crippen molar-refractivity contribution in [2.24, 2.45) is 0 Å². The van der Waals surface area contributed by atoms with Gasteiger partial charge in [-0.25, -0.2) is 9.18 Å². The summed E-state index contributed by atoms with van der Waals surface area (Å²) in [4.78, 5) is 28.4. The Morgan fingerprint density at radius 3 is 2.36 bits per heavy atom. The lowest BCUT2D eigenvalue weighted by Gasteiger charge is -2.35. The number of ether oxygens (including phenoxy) is 1. The molecule has 2 aliphatic heterocycles. The molecule has 0 bridgehead atoms. The van der Waals surface area contributed by atoms with E-state index in [1.54, 1.807) is 4.90 Å². The van der Waals surface area contributed by atoms with Crippen LogP contribution in [0.25, 0.3) is 0 Å². The van der Waals surface area contributed by atoms with Gasteiger partial charge in [-0.1, -0.05) is 0 Å². The van der Waals surface area contributed by atoms with Gasteiger partial charge in [0.05, 0.1) is 6.54 Å². The largest absolute Gasteiger partial charge is 0.381 e. The van der Waals surface area contributed by atoms with Crippen molar-refractivity contribution in [3.8, 4) is 0 Å². The van der Waals surface area contributed by atoms with Gasteiger partial charge in [-0.05, 0) is 37.1 Å². The Bertz CT molecular complexity index is 594. The third-order valence-electron chi connectivity index (χ3n) is 4.74. The number of carbonyl (C=O) groups is 2. The van der Waals surface area contributed by atoms with Crippen LogP contribution in [0.1, 0.15) is 23.2 Å². The van der Waals surface area contributed by atoms with Crippen LogP contribution >= 0.6 is 0 Å². The first-order chi connectivity index (χ1) is 12.1. The maximum absolute atomic E-state index is 12.9. The Kier molecular flexibility index (Phi) is 5.99. The Labute approximate surface area is 146 Å². The number of halogens is 1. The summed E-state index contributed by atoms with van der Waals surface area (Å²) in [7, 11) is 0. The molecule has 136 valence electrons. The number of ketones is 1. The van der Waals surface area contributed by atoms with Crippen LogP contribution in [0.5, 0.6) is 0 Å². The number of benzene rings is 1. The first-order valence-electron chi connectivity index (χ1n) is 8.76. The van der Waals surface area contributed by atoms with Gasteiger partial charge in [-0.15, -0.1) is 0 Å². The van der Waals surface area contributed by atoms with Gasteiger partial charge < -0.3 is 15.0 Å². The van der Waals surface area contributed by atoms with Crippen LogP contribution in [-0.4, -0.2) is 73.6 Å². The minimum Gasteiger partial charge on any atom is -0.381 e. The number of nitrogens with zero attached hydrogens (tertiary/aromatic N) is 2. The molecule has 0 radical (unpaired) electrons. The second kappa shape index (κ2) is 8.40. The number of rotatable bonds is 4. The first kappa shape index (κ1) is 17.8. The van der Waals surface area contributed by atoms with Gasteiger partial charge in [0, 0.05) is 51.0 Å². The molecule has 2 saturated heterocycles. The van der Waals surface area contributed by atoms with E-state index in [-0.39, 0.29) is 23.7 Å². The van der Waals surface area contributed by atoms with E-state index < -0.39 is 0 Å². The fourth-order valence-electron chi connectivity index (χ4n) is 3.15. The molecule has 2 fully saturated rings. The lowest BCUT2D eigenvalue weighted by atomic mass is 10.1. The van der Waals surface area contributed by atoms with Gasteiger partial charge in [-0.3, -0.25) is 9.69 Å². The van der Waals surface area contributed by atoms with E-state index in [1.807, 2.05) is 4.90 Å². The van der Waals surface area contributed by atoms with E-state index in [4.69, 9.17) is 4.74 Å². The fourth-order valence-corrected chi connectivity index (χ4v) is 3.15. The number of hydrogen-bond donors (Lipinski definition) is 1. The number of nitrogens with one attached hydrogen (secondary N) is 1. The van der Waals surface area contributed by atoms with Crippen LogP contribution in [0.2, 0.25) is 0 Å². The predicted octanol–water partition coefficient (Wildman–Crippen LogP) is 1.51. The molecule has 7 heteroatoms. The number of Topliss-reactive ketones (excluding diaryl/α,β-unsaturated/α-hetero) is 1. The molecular weight excluding hydrogens is 325 g/mol. The highest BCUT2D eigenvalue weighted by atomic mass is 19.1. The van der Waals surface area contributed by atoms with Crippen molar-refractivity contribution in [3.05, 3.63) is 35.6 Å². The normalized spacial score (nSPS) is 19.6. The van der Waals surface area contributed by atoms with Crippen LogP contribution in [0, 0.1) is 5.82 Å². The van der Waals surface area contributed by atoms with E-state index in [9.17, 15) is 14.0 Å². The van der Waals surface area contributed by atoms with Crippen molar-refractivity contribution in [2.45, 2.75) is 18.9 Å². The SMILES string of the molecule is O=C(CN1CCN(C(=O)NC2CCOCC2)CC1)c1ccc(F)cc1. The predicted molar refractivity (Wildman–Crippen MR) is 91.1 cm³/mol. The van der Waals surface area contributed by atoms with Crippen LogP contribution in [0.4, 0.5) is 9.18 Å². The summed E-state index contributed by atoms with van der Waals surface area (Å²) in [5, 5.41) is 3.06. The molecule has 1 aromatic carbocycles. The van der Waals surface area contributed by atoms with Gasteiger partial charge >= 0.3 is 6.03 Å². The Morgan fingerprint density at radius 1 is 1.08 bits per heavy atom. The molecule has 0 spiro atoms. The molecule has 0 atom stereocenters. The molecule has 1 aromatic rings. The molecule has 2 heterocycles. The maximum atomic E-state index is 12.9. The zero-order valence-corrected chi connectivity index (χ0v) is 14.2. The number of carbonyl (C=O) groups excluding carboxylic acids is 2. The molecule has 0 aromatic heterocycles. The first-order valence-corrected chi connectivity index (χ1v) is 8.76. The summed E-state index contributed by atoms with van der Waals surface area (Å²) in [6, 6.07) is 5.78. The molecule has 1 N–H and O–H groups in total. The maximum Gasteiger partial charge on any atom is 0.317 e. The minimum atomic E-state index is -0.347. The summed E-state index contributed by atoms with van der Waals surface area (Å²) in [6.45, 7) is 4.22. The summed E-state index contributed by atoms with van der Waals surface area (Å²) < 4.78 is 18.2. The van der Waals surface area contributed by atoms with E-state index >= 15 is 0 Å². The molecule has 3 rings (SSSR count). The quantitative estimate of drug-likeness (QED) is 0.837. The van der Waals surface area contributed by atoms with E-state index in [0.717, 1.165) is 12.8 Å². The summed E-state index contributed by atoms with van der Waals surface area (Å²) in [5.74, 6) is -0.374. The van der Waals surface area contributed by atoms with Crippen molar-refractivity contribution in [3.63, 3.8) is 0 Å². The summed E-state index contributed by atoms with van der Waals surface area (Å²) in [6.07, 6.45) is 1.72. The van der Waals surface area contributed by atoms with E-state index in [0.29, 0.717) is 51.5 Å². The molecular formula is C18H24FN3O3. The number of amides is 2. The van der Waals surface area contributed by atoms with Gasteiger partial charge in [0.15, 0.2) is 5.78 Å². The Hall–Kier alpha value is -1.99. The van der Waals surface area contributed by atoms with Crippen molar-refractivity contribution in [1.82, 2.24) is 15.1 Å². The lowest BCUT2D eigenvalue weighted by Crippen LogP contribution is -2.54. The standard InChI is InChI=1S/C18H24FN3O3/c19-15-3-1-14(2-4-15)17(23)13-21-7-9-22(10-8-21)18(24)20-16-5-11-25-12-6-16/h1-4,16H,5-13H2,(H,20,24). The molecule has 6 nitrogen and oxygen atoms in total. The van der Waals surface area contributed by atoms with Gasteiger partial charge in [0.1, 0.15) is 5.82 Å². The fraction of sp³-hybridized carbons (Fsp3) is 0.556. The summed E-state index contributed by atoms with van der Waals surface area (Å²) in [5.41, 5.74) is 0.515. The lowest BCUT2D eigenvalue weighted by molar-refractivity contribution is 0.0752. The van der Waals surface area contributed by atoms with Crippen molar-refractivity contribution < 1.29 is 18.7 Å². The third kappa shape index (κ3) is 4.99. The Morgan fingerprint density at radius 2 is 1.72 bits per heavy atom. The Balaban J connectivity index is 1.42. The van der Waals surface area contributed by atoms with E-state index in [2.05, 4.69) is 5.32 Å². The third-order valence-corrected chi connectivity index (χ3v) is 4.74. The number of hydrogen-bond acceptors (Lipinski definition) is 4. The van der Waals surface area contributed by atoms with Crippen molar-refractivity contribution in [2.75, 3.05) is 45.9 Å². The van der Waals surface area contributed by atoms with Crippen LogP contribution in [0.15, 0.2) is 24.3 Å². The zero-order valence-electron chi connectivity index (χ0n) is 14.2. The topological polar surface area (TPSA) is 61.9 Å². The molecule has 0 unspecified atom stereocenters. The van der Waals surface area contributed by atoms with Gasteiger partial charge in [0.25, 0.3) is 0 Å². The van der Waals surface area contributed by atoms with E-state index in [1.165, 1.54) is 24.3 Å². The highest BCUT2D eigenvalue weighted by molar-refractivity contribution is 5.97.